The number of rotatable bonds is 6. The molecule has 4 N–H and O–H groups in total. The van der Waals surface area contributed by atoms with Crippen LogP contribution in [0.1, 0.15) is 17.7 Å². The van der Waals surface area contributed by atoms with E-state index in [2.05, 4.69) is 32.8 Å². The Morgan fingerprint density at radius 3 is 2.90 bits per heavy atom. The monoisotopic (exact) mass is 575 g/mol. The number of thioether (sulfide) groups is 1. The Morgan fingerprint density at radius 1 is 1.27 bits per heavy atom. The minimum atomic E-state index is -0.255. The summed E-state index contributed by atoms with van der Waals surface area (Å²) in [6.07, 6.45) is 3.75. The number of nitrogens with one attached hydrogen (secondary N) is 4. The third-order valence-electron chi connectivity index (χ3n) is 7.92. The van der Waals surface area contributed by atoms with Gasteiger partial charge in [0.2, 0.25) is 5.91 Å². The maximum atomic E-state index is 13.6. The van der Waals surface area contributed by atoms with Crippen LogP contribution in [0, 0.1) is 19.8 Å². The fourth-order valence-corrected chi connectivity index (χ4v) is 7.38. The van der Waals surface area contributed by atoms with Crippen molar-refractivity contribution in [2.75, 3.05) is 31.2 Å². The molecule has 1 aromatic heterocycles. The van der Waals surface area contributed by atoms with Crippen LogP contribution in [0.2, 0.25) is 0 Å². The number of piperidine rings is 1. The molecular weight excluding hydrogens is 542 g/mol. The summed E-state index contributed by atoms with van der Waals surface area (Å²) >= 11 is 1.46. The highest BCUT2D eigenvalue weighted by atomic mass is 32.2. The summed E-state index contributed by atoms with van der Waals surface area (Å²) in [5.74, 6) is 0.864. The molecule has 0 radical (unpaired) electrons. The van der Waals surface area contributed by atoms with Crippen molar-refractivity contribution in [2.45, 2.75) is 37.7 Å². The van der Waals surface area contributed by atoms with E-state index in [4.69, 9.17) is 4.74 Å². The zero-order valence-corrected chi connectivity index (χ0v) is 23.8. The molecule has 0 saturated carbocycles. The Labute approximate surface area is 242 Å². The molecule has 0 aliphatic carbocycles. The van der Waals surface area contributed by atoms with Gasteiger partial charge in [-0.3, -0.25) is 24.8 Å². The summed E-state index contributed by atoms with van der Waals surface area (Å²) in [7, 11) is 0. The molecule has 0 spiro atoms. The number of aromatic nitrogens is 1. The summed E-state index contributed by atoms with van der Waals surface area (Å²) in [5, 5.41) is 12.8. The van der Waals surface area contributed by atoms with Gasteiger partial charge in [0.1, 0.15) is 11.5 Å². The lowest BCUT2D eigenvalue weighted by atomic mass is 9.86. The quantitative estimate of drug-likeness (QED) is 0.387. The minimum Gasteiger partial charge on any atom is -0.455 e. The van der Waals surface area contributed by atoms with Gasteiger partial charge in [-0.05, 0) is 68.8 Å². The van der Waals surface area contributed by atoms with Crippen LogP contribution >= 0.6 is 11.8 Å². The Bertz CT molecular complexity index is 1450. The molecule has 5 heterocycles. The molecule has 2 aromatic rings. The maximum absolute atomic E-state index is 13.6. The predicted octanol–water partition coefficient (Wildman–Crippen LogP) is 2.34. The third kappa shape index (κ3) is 5.18. The van der Waals surface area contributed by atoms with Gasteiger partial charge in [0.05, 0.1) is 34.7 Å². The zero-order valence-electron chi connectivity index (χ0n) is 23.0. The Kier molecular flexibility index (Phi) is 7.45. The van der Waals surface area contributed by atoms with E-state index in [1.54, 1.807) is 11.1 Å². The molecule has 4 amide bonds. The zero-order chi connectivity index (χ0) is 28.7. The molecule has 0 bridgehead atoms. The normalized spacial score (nSPS) is 25.4. The van der Waals surface area contributed by atoms with Crippen LogP contribution in [-0.4, -0.2) is 71.5 Å². The number of ether oxygens (including phenoxy) is 1. The highest BCUT2D eigenvalue weighted by molar-refractivity contribution is 8.04. The van der Waals surface area contributed by atoms with E-state index in [1.807, 2.05) is 49.1 Å². The third-order valence-corrected chi connectivity index (χ3v) is 9.27. The topological polar surface area (TPSA) is 128 Å². The fraction of sp³-hybridized carbons (Fsp3) is 0.379. The average Bonchev–Trinajstić information content (AvgIpc) is 3.34. The van der Waals surface area contributed by atoms with Crippen molar-refractivity contribution in [3.8, 4) is 11.5 Å². The SMILES string of the molecule is C=CC(=O)N1CNC[C@@H](NC(=O)C2=C3NC(=O)N(c4ccc(Oc5cccnc5C)cc4C)C4CCNC(S2)C34)C1. The van der Waals surface area contributed by atoms with Gasteiger partial charge in [-0.25, -0.2) is 4.79 Å². The fourth-order valence-electron chi connectivity index (χ4n) is 5.98. The van der Waals surface area contributed by atoms with Crippen LogP contribution in [0.5, 0.6) is 11.5 Å². The van der Waals surface area contributed by atoms with Gasteiger partial charge < -0.3 is 25.6 Å². The summed E-state index contributed by atoms with van der Waals surface area (Å²) in [4.78, 5) is 47.4. The molecule has 3 fully saturated rings. The number of urea groups is 1. The molecular formula is C29H33N7O4S. The molecule has 3 unspecified atom stereocenters. The molecule has 4 aliphatic rings. The first-order valence-corrected chi connectivity index (χ1v) is 14.6. The van der Waals surface area contributed by atoms with Crippen LogP contribution in [-0.2, 0) is 9.59 Å². The van der Waals surface area contributed by atoms with E-state index in [1.165, 1.54) is 17.8 Å². The molecule has 1 aromatic carbocycles. The Balaban J connectivity index is 1.22. The van der Waals surface area contributed by atoms with E-state index >= 15 is 0 Å². The second-order valence-corrected chi connectivity index (χ2v) is 11.8. The average molecular weight is 576 g/mol. The molecule has 6 rings (SSSR count). The van der Waals surface area contributed by atoms with Crippen LogP contribution in [0.15, 0.2) is 59.8 Å². The standard InChI is InChI=1S/C29H33N7O4S/c1-4-23(37)35-14-18(13-30-15-35)33-27(38)26-25-24-21(9-11-32-28(24)41-26)36(29(39)34-25)20-8-7-19(12-16(20)2)40-22-6-5-10-31-17(22)3/h4-8,10,12,18,21,24,28,30,32H,1,9,11,13-15H2,2-3H3,(H,33,38)(H,34,39)/t18-,21?,24?,28?/m1/s1. The predicted molar refractivity (Wildman–Crippen MR) is 156 cm³/mol. The van der Waals surface area contributed by atoms with Crippen molar-refractivity contribution in [1.82, 2.24) is 31.2 Å². The number of hydrogen-bond donors (Lipinski definition) is 4. The van der Waals surface area contributed by atoms with E-state index in [0.717, 1.165) is 29.9 Å². The van der Waals surface area contributed by atoms with Crippen molar-refractivity contribution in [3.63, 3.8) is 0 Å². The Morgan fingerprint density at radius 2 is 2.12 bits per heavy atom. The second-order valence-electron chi connectivity index (χ2n) is 10.6. The molecule has 12 heteroatoms. The van der Waals surface area contributed by atoms with Crippen molar-refractivity contribution >= 4 is 35.3 Å². The van der Waals surface area contributed by atoms with Crippen LogP contribution in [0.4, 0.5) is 10.5 Å². The minimum absolute atomic E-state index is 0.0348. The summed E-state index contributed by atoms with van der Waals surface area (Å²) in [6, 6.07) is 8.81. The second kappa shape index (κ2) is 11.2. The smallest absolute Gasteiger partial charge is 0.326 e. The number of benzene rings is 1. The number of anilines is 1. The van der Waals surface area contributed by atoms with E-state index in [9.17, 15) is 14.4 Å². The van der Waals surface area contributed by atoms with Crippen molar-refractivity contribution < 1.29 is 19.1 Å². The van der Waals surface area contributed by atoms with Gasteiger partial charge in [0, 0.05) is 36.6 Å². The largest absolute Gasteiger partial charge is 0.455 e. The number of carbonyl (C=O) groups excluding carboxylic acids is 3. The van der Waals surface area contributed by atoms with Crippen LogP contribution in [0.3, 0.4) is 0 Å². The number of pyridine rings is 1. The van der Waals surface area contributed by atoms with Crippen molar-refractivity contribution in [3.05, 3.63) is 71.0 Å². The lowest BCUT2D eigenvalue weighted by Gasteiger charge is -2.46. The van der Waals surface area contributed by atoms with Gasteiger partial charge in [0.15, 0.2) is 0 Å². The summed E-state index contributed by atoms with van der Waals surface area (Å²) in [5.41, 5.74) is 3.19. The summed E-state index contributed by atoms with van der Waals surface area (Å²) in [6.45, 7) is 9.50. The molecule has 3 saturated heterocycles. The maximum Gasteiger partial charge on any atom is 0.326 e. The van der Waals surface area contributed by atoms with E-state index in [-0.39, 0.29) is 41.2 Å². The molecule has 11 nitrogen and oxygen atoms in total. The highest BCUT2D eigenvalue weighted by Gasteiger charge is 2.52. The van der Waals surface area contributed by atoms with Gasteiger partial charge in [-0.15, -0.1) is 0 Å². The number of nitrogens with zero attached hydrogens (tertiary/aromatic N) is 3. The number of amides is 4. The highest BCUT2D eigenvalue weighted by Crippen LogP contribution is 2.48. The van der Waals surface area contributed by atoms with Gasteiger partial charge >= 0.3 is 6.03 Å². The molecule has 4 aliphatic heterocycles. The van der Waals surface area contributed by atoms with Gasteiger partial charge in [-0.2, -0.15) is 0 Å². The van der Waals surface area contributed by atoms with Crippen LogP contribution < -0.4 is 30.9 Å². The molecule has 41 heavy (non-hydrogen) atoms. The van der Waals surface area contributed by atoms with E-state index in [0.29, 0.717) is 41.9 Å². The van der Waals surface area contributed by atoms with Gasteiger partial charge in [0.25, 0.3) is 5.91 Å². The number of carbonyl (C=O) groups is 3. The molecule has 4 atom stereocenters. The van der Waals surface area contributed by atoms with Crippen LogP contribution in [0.25, 0.3) is 0 Å². The van der Waals surface area contributed by atoms with Crippen molar-refractivity contribution in [2.24, 2.45) is 5.92 Å². The van der Waals surface area contributed by atoms with E-state index < -0.39 is 0 Å². The first kappa shape index (κ1) is 27.3. The first-order chi connectivity index (χ1) is 19.8. The lowest BCUT2D eigenvalue weighted by molar-refractivity contribution is -0.128. The summed E-state index contributed by atoms with van der Waals surface area (Å²) < 4.78 is 6.06. The molecule has 214 valence electrons. The number of aryl methyl sites for hydroxylation is 2. The first-order valence-electron chi connectivity index (χ1n) is 13.7. The van der Waals surface area contributed by atoms with Gasteiger partial charge in [-0.1, -0.05) is 18.3 Å². The van der Waals surface area contributed by atoms with Crippen molar-refractivity contribution in [1.29, 1.82) is 0 Å². The lowest BCUT2D eigenvalue weighted by Crippen LogP contribution is -2.62. The number of hydrogen-bond acceptors (Lipinski definition) is 8. The Hall–Kier alpha value is -3.87.